The van der Waals surface area contributed by atoms with Crippen molar-refractivity contribution in [2.75, 3.05) is 5.32 Å². The summed E-state index contributed by atoms with van der Waals surface area (Å²) in [4.78, 5) is 24.2. The largest absolute Gasteiger partial charge is 0.350 e. The van der Waals surface area contributed by atoms with Gasteiger partial charge in [-0.25, -0.2) is 9.97 Å². The molecule has 0 saturated carbocycles. The van der Waals surface area contributed by atoms with Gasteiger partial charge in [-0.05, 0) is 31.5 Å². The van der Waals surface area contributed by atoms with E-state index in [2.05, 4.69) is 25.6 Å². The van der Waals surface area contributed by atoms with Gasteiger partial charge in [-0.2, -0.15) is 0 Å². The number of pyridine rings is 1. The molecule has 1 amide bonds. The quantitative estimate of drug-likeness (QED) is 0.864. The summed E-state index contributed by atoms with van der Waals surface area (Å²) < 4.78 is 0. The molecule has 0 aliphatic carbocycles. The highest BCUT2D eigenvalue weighted by Gasteiger charge is 2.09. The summed E-state index contributed by atoms with van der Waals surface area (Å²) in [6.45, 7) is 4.37. The van der Waals surface area contributed by atoms with Crippen LogP contribution in [0.5, 0.6) is 0 Å². The highest BCUT2D eigenvalue weighted by Crippen LogP contribution is 2.04. The Bertz CT molecular complexity index is 571. The normalized spacial score (nSPS) is 10.3. The lowest BCUT2D eigenvalue weighted by atomic mass is 10.3. The van der Waals surface area contributed by atoms with Crippen molar-refractivity contribution in [1.29, 1.82) is 0 Å². The first-order valence-electron chi connectivity index (χ1n) is 6.42. The molecule has 0 fully saturated rings. The number of rotatable bonds is 5. The first-order valence-corrected chi connectivity index (χ1v) is 6.42. The molecule has 0 aliphatic heterocycles. The van der Waals surface area contributed by atoms with Gasteiger partial charge in [0.25, 0.3) is 5.91 Å². The van der Waals surface area contributed by atoms with E-state index < -0.39 is 0 Å². The summed E-state index contributed by atoms with van der Waals surface area (Å²) in [6, 6.07) is 5.48. The van der Waals surface area contributed by atoms with Crippen LogP contribution in [0.4, 0.5) is 5.95 Å². The SMILES string of the molecule is CC(C)NC(=O)c1ccnc(NCc2cccnc2)n1. The van der Waals surface area contributed by atoms with Crippen LogP contribution in [0.3, 0.4) is 0 Å². The Morgan fingerprint density at radius 1 is 1.30 bits per heavy atom. The van der Waals surface area contributed by atoms with Crippen LogP contribution in [-0.4, -0.2) is 26.9 Å². The van der Waals surface area contributed by atoms with Crippen molar-refractivity contribution in [3.05, 3.63) is 48.0 Å². The van der Waals surface area contributed by atoms with E-state index in [1.807, 2.05) is 26.0 Å². The molecule has 0 saturated heterocycles. The van der Waals surface area contributed by atoms with E-state index in [1.54, 1.807) is 24.7 Å². The molecule has 0 aliphatic rings. The average Bonchev–Trinajstić information content (AvgIpc) is 2.46. The summed E-state index contributed by atoms with van der Waals surface area (Å²) in [6.07, 6.45) is 5.05. The third kappa shape index (κ3) is 4.01. The van der Waals surface area contributed by atoms with Gasteiger partial charge in [0, 0.05) is 31.2 Å². The third-order valence-electron chi connectivity index (χ3n) is 2.48. The van der Waals surface area contributed by atoms with Gasteiger partial charge in [0.2, 0.25) is 5.95 Å². The number of anilines is 1. The molecule has 2 aromatic rings. The van der Waals surface area contributed by atoms with E-state index in [0.29, 0.717) is 18.2 Å². The number of amides is 1. The molecule has 0 spiro atoms. The van der Waals surface area contributed by atoms with Crippen LogP contribution >= 0.6 is 0 Å². The van der Waals surface area contributed by atoms with Crippen molar-refractivity contribution >= 4 is 11.9 Å². The van der Waals surface area contributed by atoms with Gasteiger partial charge < -0.3 is 10.6 Å². The third-order valence-corrected chi connectivity index (χ3v) is 2.48. The van der Waals surface area contributed by atoms with E-state index in [0.717, 1.165) is 5.56 Å². The fraction of sp³-hybridized carbons (Fsp3) is 0.286. The van der Waals surface area contributed by atoms with Crippen molar-refractivity contribution < 1.29 is 4.79 Å². The molecular weight excluding hydrogens is 254 g/mol. The topological polar surface area (TPSA) is 79.8 Å². The smallest absolute Gasteiger partial charge is 0.270 e. The molecule has 2 heterocycles. The Kier molecular flexibility index (Phi) is 4.60. The maximum atomic E-state index is 11.8. The van der Waals surface area contributed by atoms with Crippen LogP contribution in [0.2, 0.25) is 0 Å². The molecule has 0 bridgehead atoms. The van der Waals surface area contributed by atoms with E-state index >= 15 is 0 Å². The summed E-state index contributed by atoms with van der Waals surface area (Å²) in [5.41, 5.74) is 1.37. The van der Waals surface area contributed by atoms with Crippen molar-refractivity contribution in [3.63, 3.8) is 0 Å². The Morgan fingerprint density at radius 2 is 2.15 bits per heavy atom. The predicted octanol–water partition coefficient (Wildman–Crippen LogP) is 1.62. The fourth-order valence-electron chi connectivity index (χ4n) is 1.59. The second-order valence-electron chi connectivity index (χ2n) is 4.61. The Morgan fingerprint density at radius 3 is 2.85 bits per heavy atom. The van der Waals surface area contributed by atoms with Crippen LogP contribution < -0.4 is 10.6 Å². The second-order valence-corrected chi connectivity index (χ2v) is 4.61. The van der Waals surface area contributed by atoms with Gasteiger partial charge in [0.05, 0.1) is 0 Å². The maximum Gasteiger partial charge on any atom is 0.270 e. The lowest BCUT2D eigenvalue weighted by molar-refractivity contribution is 0.0938. The first-order chi connectivity index (χ1) is 9.65. The van der Waals surface area contributed by atoms with Crippen molar-refractivity contribution in [1.82, 2.24) is 20.3 Å². The molecule has 0 aromatic carbocycles. The number of hydrogen-bond acceptors (Lipinski definition) is 5. The van der Waals surface area contributed by atoms with Crippen LogP contribution in [-0.2, 0) is 6.54 Å². The highest BCUT2D eigenvalue weighted by atomic mass is 16.1. The van der Waals surface area contributed by atoms with Crippen molar-refractivity contribution in [3.8, 4) is 0 Å². The summed E-state index contributed by atoms with van der Waals surface area (Å²) in [5.74, 6) is 0.220. The zero-order valence-electron chi connectivity index (χ0n) is 11.5. The Labute approximate surface area is 117 Å². The molecule has 2 N–H and O–H groups in total. The highest BCUT2D eigenvalue weighted by molar-refractivity contribution is 5.92. The van der Waals surface area contributed by atoms with Crippen LogP contribution in [0.25, 0.3) is 0 Å². The molecule has 2 aromatic heterocycles. The standard InChI is InChI=1S/C14H17N5O/c1-10(2)18-13(20)12-5-7-16-14(19-12)17-9-11-4-3-6-15-8-11/h3-8,10H,9H2,1-2H3,(H,18,20)(H,16,17,19). The number of nitrogens with one attached hydrogen (secondary N) is 2. The second kappa shape index (κ2) is 6.60. The van der Waals surface area contributed by atoms with Gasteiger partial charge in [-0.15, -0.1) is 0 Å². The van der Waals surface area contributed by atoms with Gasteiger partial charge >= 0.3 is 0 Å². The number of hydrogen-bond donors (Lipinski definition) is 2. The van der Waals surface area contributed by atoms with E-state index in [-0.39, 0.29) is 11.9 Å². The van der Waals surface area contributed by atoms with E-state index in [4.69, 9.17) is 0 Å². The molecule has 104 valence electrons. The summed E-state index contributed by atoms with van der Waals surface area (Å²) in [5, 5.41) is 5.86. The zero-order valence-corrected chi connectivity index (χ0v) is 11.5. The van der Waals surface area contributed by atoms with E-state index in [1.165, 1.54) is 0 Å². The van der Waals surface area contributed by atoms with Crippen molar-refractivity contribution in [2.45, 2.75) is 26.4 Å². The van der Waals surface area contributed by atoms with Gasteiger partial charge in [0.1, 0.15) is 5.69 Å². The molecular formula is C14H17N5O. The number of carbonyl (C=O) groups excluding carboxylic acids is 1. The van der Waals surface area contributed by atoms with Gasteiger partial charge in [-0.1, -0.05) is 6.07 Å². The fourth-order valence-corrected chi connectivity index (χ4v) is 1.59. The lowest BCUT2D eigenvalue weighted by Gasteiger charge is -2.09. The van der Waals surface area contributed by atoms with Crippen LogP contribution in [0.1, 0.15) is 29.9 Å². The maximum absolute atomic E-state index is 11.8. The lowest BCUT2D eigenvalue weighted by Crippen LogP contribution is -2.30. The number of aromatic nitrogens is 3. The monoisotopic (exact) mass is 271 g/mol. The van der Waals surface area contributed by atoms with Crippen molar-refractivity contribution in [2.24, 2.45) is 0 Å². The molecule has 20 heavy (non-hydrogen) atoms. The first kappa shape index (κ1) is 13.9. The molecule has 6 heteroatoms. The number of nitrogens with zero attached hydrogens (tertiary/aromatic N) is 3. The zero-order chi connectivity index (χ0) is 14.4. The minimum absolute atomic E-state index is 0.0734. The molecule has 0 atom stereocenters. The minimum atomic E-state index is -0.202. The number of carbonyl (C=O) groups is 1. The average molecular weight is 271 g/mol. The minimum Gasteiger partial charge on any atom is -0.350 e. The van der Waals surface area contributed by atoms with Crippen LogP contribution in [0.15, 0.2) is 36.8 Å². The Hall–Kier alpha value is -2.50. The molecule has 0 unspecified atom stereocenters. The summed E-state index contributed by atoms with van der Waals surface area (Å²) >= 11 is 0. The predicted molar refractivity (Wildman–Crippen MR) is 76.2 cm³/mol. The molecule has 0 radical (unpaired) electrons. The summed E-state index contributed by atoms with van der Waals surface area (Å²) in [7, 11) is 0. The van der Waals surface area contributed by atoms with E-state index in [9.17, 15) is 4.79 Å². The Balaban J connectivity index is 2.01. The molecule has 6 nitrogen and oxygen atoms in total. The van der Waals surface area contributed by atoms with Gasteiger partial charge in [-0.3, -0.25) is 9.78 Å². The van der Waals surface area contributed by atoms with Crippen LogP contribution in [0, 0.1) is 0 Å². The molecule has 2 rings (SSSR count). The van der Waals surface area contributed by atoms with Gasteiger partial charge in [0.15, 0.2) is 0 Å².